The Balaban J connectivity index is 2.33. The van der Waals surface area contributed by atoms with Crippen LogP contribution in [0.4, 0.5) is 5.69 Å². The van der Waals surface area contributed by atoms with Gasteiger partial charge in [0.25, 0.3) is 5.91 Å². The highest BCUT2D eigenvalue weighted by Gasteiger charge is 2.06. The average molecular weight is 293 g/mol. The average Bonchev–Trinajstić information content (AvgIpc) is 2.43. The molecule has 6 nitrogen and oxygen atoms in total. The molecule has 2 N–H and O–H groups in total. The second-order valence-electron chi connectivity index (χ2n) is 5.57. The number of carbonyl (C=O) groups excluding carboxylic acids is 1. The maximum Gasteiger partial charge on any atom is 0.269 e. The summed E-state index contributed by atoms with van der Waals surface area (Å²) in [6.07, 6.45) is 2.63. The summed E-state index contributed by atoms with van der Waals surface area (Å²) in [7, 11) is 8.10. The Kier molecular flexibility index (Phi) is 7.71. The van der Waals surface area contributed by atoms with Gasteiger partial charge >= 0.3 is 0 Å². The third kappa shape index (κ3) is 7.63. The highest BCUT2D eigenvalue weighted by Crippen LogP contribution is 2.05. The molecule has 0 bridgehead atoms. The normalized spacial score (nSPS) is 11.0. The van der Waals surface area contributed by atoms with E-state index in [1.54, 1.807) is 12.3 Å². The van der Waals surface area contributed by atoms with E-state index in [2.05, 4.69) is 25.4 Å². The Morgan fingerprint density at radius 2 is 1.81 bits per heavy atom. The van der Waals surface area contributed by atoms with E-state index in [9.17, 15) is 4.79 Å². The van der Waals surface area contributed by atoms with E-state index in [-0.39, 0.29) is 5.91 Å². The summed E-state index contributed by atoms with van der Waals surface area (Å²) in [6.45, 7) is 3.43. The van der Waals surface area contributed by atoms with Gasteiger partial charge in [0.05, 0.1) is 11.9 Å². The van der Waals surface area contributed by atoms with Crippen LogP contribution in [-0.4, -0.2) is 75.1 Å². The Morgan fingerprint density at radius 3 is 2.38 bits per heavy atom. The Labute approximate surface area is 127 Å². The van der Waals surface area contributed by atoms with Crippen LogP contribution >= 0.6 is 0 Å². The fourth-order valence-electron chi connectivity index (χ4n) is 1.74. The van der Waals surface area contributed by atoms with Gasteiger partial charge in [-0.15, -0.1) is 0 Å². The van der Waals surface area contributed by atoms with Crippen molar-refractivity contribution in [1.82, 2.24) is 20.1 Å². The first-order valence-electron chi connectivity index (χ1n) is 7.26. The predicted octanol–water partition coefficient (Wildman–Crippen LogP) is 0.737. The number of likely N-dealkylation sites (N-methyl/N-ethyl adjacent to an activating group) is 1. The van der Waals surface area contributed by atoms with Crippen molar-refractivity contribution in [2.75, 3.05) is 59.7 Å². The number of pyridine rings is 1. The van der Waals surface area contributed by atoms with Crippen LogP contribution in [0.15, 0.2) is 18.3 Å². The monoisotopic (exact) mass is 293 g/mol. The zero-order valence-corrected chi connectivity index (χ0v) is 13.5. The SMILES string of the molecule is CN(C)CCCNC(=O)c1ccc(NCCN(C)C)cn1. The van der Waals surface area contributed by atoms with E-state index in [4.69, 9.17) is 0 Å². The van der Waals surface area contributed by atoms with E-state index in [0.717, 1.165) is 31.7 Å². The molecule has 0 aliphatic carbocycles. The summed E-state index contributed by atoms with van der Waals surface area (Å²) in [5.74, 6) is -0.117. The molecule has 0 saturated heterocycles. The number of rotatable bonds is 9. The molecule has 1 heterocycles. The number of amides is 1. The lowest BCUT2D eigenvalue weighted by Gasteiger charge is -2.11. The molecular formula is C15H27N5O. The molecule has 118 valence electrons. The van der Waals surface area contributed by atoms with Crippen LogP contribution in [0.25, 0.3) is 0 Å². The number of nitrogens with one attached hydrogen (secondary N) is 2. The summed E-state index contributed by atoms with van der Waals surface area (Å²) in [4.78, 5) is 20.3. The van der Waals surface area contributed by atoms with Crippen LogP contribution in [0.3, 0.4) is 0 Å². The minimum absolute atomic E-state index is 0.117. The molecule has 0 spiro atoms. The van der Waals surface area contributed by atoms with E-state index in [1.807, 2.05) is 34.3 Å². The second kappa shape index (κ2) is 9.31. The molecule has 1 amide bonds. The standard InChI is InChI=1S/C15H27N5O/c1-19(2)10-5-8-17-15(21)14-7-6-13(12-18-14)16-9-11-20(3)4/h6-7,12,16H,5,8-11H2,1-4H3,(H,17,21). The minimum atomic E-state index is -0.117. The molecule has 0 fully saturated rings. The van der Waals surface area contributed by atoms with Gasteiger partial charge in [0.15, 0.2) is 0 Å². The summed E-state index contributed by atoms with van der Waals surface area (Å²) >= 11 is 0. The fraction of sp³-hybridized carbons (Fsp3) is 0.600. The third-order valence-corrected chi connectivity index (χ3v) is 2.95. The molecule has 0 atom stereocenters. The van der Waals surface area contributed by atoms with Crippen molar-refractivity contribution in [3.8, 4) is 0 Å². The molecule has 0 radical (unpaired) electrons. The van der Waals surface area contributed by atoms with E-state index in [1.165, 1.54) is 0 Å². The van der Waals surface area contributed by atoms with Crippen molar-refractivity contribution >= 4 is 11.6 Å². The topological polar surface area (TPSA) is 60.5 Å². The Morgan fingerprint density at radius 1 is 1.10 bits per heavy atom. The zero-order valence-electron chi connectivity index (χ0n) is 13.5. The maximum atomic E-state index is 11.9. The molecule has 1 aromatic heterocycles. The molecule has 0 aliphatic rings. The maximum absolute atomic E-state index is 11.9. The molecule has 6 heteroatoms. The van der Waals surface area contributed by atoms with Crippen molar-refractivity contribution in [3.05, 3.63) is 24.0 Å². The Hall–Kier alpha value is -1.66. The summed E-state index contributed by atoms with van der Waals surface area (Å²) in [5, 5.41) is 6.14. The smallest absolute Gasteiger partial charge is 0.269 e. The van der Waals surface area contributed by atoms with Crippen LogP contribution in [0.5, 0.6) is 0 Å². The first-order valence-corrected chi connectivity index (χ1v) is 7.26. The van der Waals surface area contributed by atoms with Crippen LogP contribution in [0, 0.1) is 0 Å². The van der Waals surface area contributed by atoms with Crippen molar-refractivity contribution in [3.63, 3.8) is 0 Å². The van der Waals surface area contributed by atoms with Gasteiger partial charge in [-0.05, 0) is 53.3 Å². The lowest BCUT2D eigenvalue weighted by Crippen LogP contribution is -2.27. The van der Waals surface area contributed by atoms with Gasteiger partial charge in [0, 0.05) is 19.6 Å². The largest absolute Gasteiger partial charge is 0.383 e. The van der Waals surface area contributed by atoms with Crippen LogP contribution in [0.2, 0.25) is 0 Å². The number of carbonyl (C=O) groups is 1. The van der Waals surface area contributed by atoms with Crippen molar-refractivity contribution in [1.29, 1.82) is 0 Å². The number of hydrogen-bond acceptors (Lipinski definition) is 5. The quantitative estimate of drug-likeness (QED) is 0.658. The number of aromatic nitrogens is 1. The molecule has 0 aromatic carbocycles. The highest BCUT2D eigenvalue weighted by atomic mass is 16.1. The first-order chi connectivity index (χ1) is 9.99. The number of anilines is 1. The van der Waals surface area contributed by atoms with E-state index >= 15 is 0 Å². The van der Waals surface area contributed by atoms with Gasteiger partial charge in [-0.2, -0.15) is 0 Å². The molecule has 0 unspecified atom stereocenters. The van der Waals surface area contributed by atoms with Crippen molar-refractivity contribution < 1.29 is 4.79 Å². The van der Waals surface area contributed by atoms with Gasteiger partial charge in [0.1, 0.15) is 5.69 Å². The minimum Gasteiger partial charge on any atom is -0.383 e. The molecule has 1 rings (SSSR count). The lowest BCUT2D eigenvalue weighted by molar-refractivity contribution is 0.0947. The summed E-state index contributed by atoms with van der Waals surface area (Å²) in [5.41, 5.74) is 1.39. The first kappa shape index (κ1) is 17.4. The van der Waals surface area contributed by atoms with Crippen molar-refractivity contribution in [2.45, 2.75) is 6.42 Å². The van der Waals surface area contributed by atoms with Crippen LogP contribution in [-0.2, 0) is 0 Å². The Bertz CT molecular complexity index is 417. The van der Waals surface area contributed by atoms with Crippen molar-refractivity contribution in [2.24, 2.45) is 0 Å². The van der Waals surface area contributed by atoms with Gasteiger partial charge in [0.2, 0.25) is 0 Å². The fourth-order valence-corrected chi connectivity index (χ4v) is 1.74. The van der Waals surface area contributed by atoms with Gasteiger partial charge in [-0.25, -0.2) is 4.98 Å². The van der Waals surface area contributed by atoms with Crippen LogP contribution < -0.4 is 10.6 Å². The van der Waals surface area contributed by atoms with E-state index in [0.29, 0.717) is 12.2 Å². The molecule has 0 saturated carbocycles. The molecule has 21 heavy (non-hydrogen) atoms. The number of hydrogen-bond donors (Lipinski definition) is 2. The summed E-state index contributed by atoms with van der Waals surface area (Å²) in [6, 6.07) is 3.64. The van der Waals surface area contributed by atoms with E-state index < -0.39 is 0 Å². The van der Waals surface area contributed by atoms with Gasteiger partial charge < -0.3 is 20.4 Å². The molecule has 0 aliphatic heterocycles. The predicted molar refractivity (Wildman–Crippen MR) is 86.8 cm³/mol. The zero-order chi connectivity index (χ0) is 15.7. The number of nitrogens with zero attached hydrogens (tertiary/aromatic N) is 3. The lowest BCUT2D eigenvalue weighted by atomic mass is 10.3. The van der Waals surface area contributed by atoms with Gasteiger partial charge in [-0.3, -0.25) is 4.79 Å². The highest BCUT2D eigenvalue weighted by molar-refractivity contribution is 5.92. The molecular weight excluding hydrogens is 266 g/mol. The molecule has 1 aromatic rings. The van der Waals surface area contributed by atoms with Crippen LogP contribution in [0.1, 0.15) is 16.9 Å². The second-order valence-corrected chi connectivity index (χ2v) is 5.57. The van der Waals surface area contributed by atoms with Gasteiger partial charge in [-0.1, -0.05) is 0 Å². The summed E-state index contributed by atoms with van der Waals surface area (Å²) < 4.78 is 0. The third-order valence-electron chi connectivity index (χ3n) is 2.95.